The first-order valence-electron chi connectivity index (χ1n) is 11.6. The second kappa shape index (κ2) is 9.52. The molecule has 1 aromatic heterocycles. The Kier molecular flexibility index (Phi) is 6.30. The van der Waals surface area contributed by atoms with Crippen molar-refractivity contribution < 1.29 is 0 Å². The van der Waals surface area contributed by atoms with Gasteiger partial charge in [0.2, 0.25) is 5.95 Å². The second-order valence-electron chi connectivity index (χ2n) is 8.99. The van der Waals surface area contributed by atoms with Crippen molar-refractivity contribution in [3.63, 3.8) is 0 Å². The van der Waals surface area contributed by atoms with E-state index < -0.39 is 0 Å². The van der Waals surface area contributed by atoms with Crippen molar-refractivity contribution >= 4 is 29.1 Å². The summed E-state index contributed by atoms with van der Waals surface area (Å²) in [6.07, 6.45) is 0.968. The summed E-state index contributed by atoms with van der Waals surface area (Å²) >= 11 is 6.01. The van der Waals surface area contributed by atoms with Crippen LogP contribution in [0.25, 0.3) is 11.3 Å². The van der Waals surface area contributed by atoms with E-state index in [-0.39, 0.29) is 0 Å². The molecule has 2 aliphatic heterocycles. The number of nitrogens with two attached hydrogens (primary N) is 1. The van der Waals surface area contributed by atoms with Gasteiger partial charge in [-0.2, -0.15) is 4.98 Å². The van der Waals surface area contributed by atoms with Crippen LogP contribution < -0.4 is 16.0 Å². The van der Waals surface area contributed by atoms with E-state index in [4.69, 9.17) is 17.3 Å². The van der Waals surface area contributed by atoms with E-state index in [1.807, 2.05) is 24.3 Å². The maximum absolute atomic E-state index is 6.12. The highest BCUT2D eigenvalue weighted by Gasteiger charge is 2.20. The molecule has 1 saturated heterocycles. The quantitative estimate of drug-likeness (QED) is 0.576. The molecule has 8 heteroatoms. The number of nitrogens with one attached hydrogen (secondary N) is 1. The van der Waals surface area contributed by atoms with Gasteiger partial charge in [0.25, 0.3) is 0 Å². The zero-order valence-electron chi connectivity index (χ0n) is 19.5. The van der Waals surface area contributed by atoms with E-state index >= 15 is 0 Å². The molecule has 7 nitrogen and oxygen atoms in total. The average Bonchev–Trinajstić information content (AvgIpc) is 2.85. The molecule has 1 fully saturated rings. The van der Waals surface area contributed by atoms with E-state index in [1.165, 1.54) is 11.1 Å². The highest BCUT2D eigenvalue weighted by Crippen LogP contribution is 2.29. The zero-order valence-corrected chi connectivity index (χ0v) is 20.2. The van der Waals surface area contributed by atoms with Gasteiger partial charge in [-0.05, 0) is 54.9 Å². The molecule has 0 unspecified atom stereocenters. The van der Waals surface area contributed by atoms with Gasteiger partial charge in [-0.25, -0.2) is 4.98 Å². The molecular weight excluding hydrogens is 446 g/mol. The first-order valence-corrected chi connectivity index (χ1v) is 12.0. The van der Waals surface area contributed by atoms with E-state index in [2.05, 4.69) is 67.9 Å². The Morgan fingerprint density at radius 2 is 1.74 bits per heavy atom. The lowest BCUT2D eigenvalue weighted by atomic mass is 9.96. The standard InChI is InChI=1S/C26H30ClN7/c1-18(29-23-7-5-22(27)6-8-23)34-10-9-19-3-4-20(15-21(19)17-34)24-16-25(31-26(28)30-24)33-13-11-32(2)12-14-33/h3-8,15-16,29H,1,9-14,17H2,2H3,(H2,28,30,31). The molecule has 2 aromatic carbocycles. The van der Waals surface area contributed by atoms with E-state index in [0.29, 0.717) is 5.95 Å². The largest absolute Gasteiger partial charge is 0.368 e. The molecule has 176 valence electrons. The van der Waals surface area contributed by atoms with E-state index in [1.54, 1.807) is 0 Å². The molecular formula is C26H30ClN7. The minimum Gasteiger partial charge on any atom is -0.368 e. The molecule has 0 aliphatic carbocycles. The molecule has 2 aliphatic rings. The van der Waals surface area contributed by atoms with Gasteiger partial charge in [-0.1, -0.05) is 30.3 Å². The smallest absolute Gasteiger partial charge is 0.222 e. The number of aromatic nitrogens is 2. The fourth-order valence-corrected chi connectivity index (χ4v) is 4.65. The third-order valence-corrected chi connectivity index (χ3v) is 6.84. The van der Waals surface area contributed by atoms with Crippen molar-refractivity contribution in [3.05, 3.63) is 77.1 Å². The normalized spacial score (nSPS) is 16.3. The number of rotatable bonds is 5. The number of halogens is 1. The zero-order chi connectivity index (χ0) is 23.7. The lowest BCUT2D eigenvalue weighted by Gasteiger charge is -2.33. The van der Waals surface area contributed by atoms with Crippen molar-refractivity contribution in [1.29, 1.82) is 0 Å². The number of fused-ring (bicyclic) bond motifs is 1. The summed E-state index contributed by atoms with van der Waals surface area (Å²) in [7, 11) is 2.15. The summed E-state index contributed by atoms with van der Waals surface area (Å²) in [5.41, 5.74) is 11.6. The molecule has 0 spiro atoms. The molecule has 0 amide bonds. The van der Waals surface area contributed by atoms with Crippen LogP contribution in [0.1, 0.15) is 11.1 Å². The van der Waals surface area contributed by atoms with Gasteiger partial charge in [-0.15, -0.1) is 0 Å². The summed E-state index contributed by atoms with van der Waals surface area (Å²) < 4.78 is 0. The number of piperazine rings is 1. The predicted molar refractivity (Wildman–Crippen MR) is 140 cm³/mol. The van der Waals surface area contributed by atoms with Crippen LogP contribution in [0.2, 0.25) is 5.02 Å². The van der Waals surface area contributed by atoms with Gasteiger partial charge in [0, 0.05) is 61.6 Å². The fourth-order valence-electron chi connectivity index (χ4n) is 4.52. The molecule has 3 aromatic rings. The Bertz CT molecular complexity index is 1190. The number of anilines is 3. The topological polar surface area (TPSA) is 73.5 Å². The van der Waals surface area contributed by atoms with E-state index in [9.17, 15) is 0 Å². The third-order valence-electron chi connectivity index (χ3n) is 6.59. The molecule has 0 atom stereocenters. The van der Waals surface area contributed by atoms with Crippen LogP contribution in [0.4, 0.5) is 17.5 Å². The summed E-state index contributed by atoms with van der Waals surface area (Å²) in [5.74, 6) is 2.09. The van der Waals surface area contributed by atoms with Crippen molar-refractivity contribution in [2.45, 2.75) is 13.0 Å². The van der Waals surface area contributed by atoms with Crippen molar-refractivity contribution in [1.82, 2.24) is 19.8 Å². The number of benzene rings is 2. The molecule has 0 saturated carbocycles. The van der Waals surface area contributed by atoms with Crippen LogP contribution in [0.15, 0.2) is 60.9 Å². The number of nitrogens with zero attached hydrogens (tertiary/aromatic N) is 5. The summed E-state index contributed by atoms with van der Waals surface area (Å²) in [6.45, 7) is 9.88. The highest BCUT2D eigenvalue weighted by molar-refractivity contribution is 6.30. The molecule has 0 radical (unpaired) electrons. The second-order valence-corrected chi connectivity index (χ2v) is 9.43. The Morgan fingerprint density at radius 1 is 0.971 bits per heavy atom. The summed E-state index contributed by atoms with van der Waals surface area (Å²) in [6, 6.07) is 16.3. The Hall–Kier alpha value is -3.29. The summed E-state index contributed by atoms with van der Waals surface area (Å²) in [5, 5.41) is 4.12. The van der Waals surface area contributed by atoms with Crippen LogP contribution in [0.5, 0.6) is 0 Å². The van der Waals surface area contributed by atoms with Crippen molar-refractivity contribution in [2.75, 3.05) is 55.7 Å². The lowest BCUT2D eigenvalue weighted by Crippen LogP contribution is -2.44. The van der Waals surface area contributed by atoms with Gasteiger partial charge in [0.1, 0.15) is 5.82 Å². The molecule has 34 heavy (non-hydrogen) atoms. The highest BCUT2D eigenvalue weighted by atomic mass is 35.5. The first-order chi connectivity index (χ1) is 16.4. The van der Waals surface area contributed by atoms with Crippen molar-refractivity contribution in [2.24, 2.45) is 0 Å². The molecule has 0 bridgehead atoms. The maximum Gasteiger partial charge on any atom is 0.222 e. The predicted octanol–water partition coefficient (Wildman–Crippen LogP) is 4.07. The minimum absolute atomic E-state index is 0.311. The molecule has 5 rings (SSSR count). The lowest BCUT2D eigenvalue weighted by molar-refractivity contribution is 0.312. The maximum atomic E-state index is 6.12. The monoisotopic (exact) mass is 475 g/mol. The third kappa shape index (κ3) is 4.95. The van der Waals surface area contributed by atoms with Crippen LogP contribution >= 0.6 is 11.6 Å². The Labute approximate surface area is 205 Å². The number of nitrogen functional groups attached to an aromatic ring is 1. The number of hydrogen-bond acceptors (Lipinski definition) is 7. The summed E-state index contributed by atoms with van der Waals surface area (Å²) in [4.78, 5) is 15.9. The minimum atomic E-state index is 0.311. The van der Waals surface area contributed by atoms with Crippen LogP contribution in [-0.4, -0.2) is 59.5 Å². The van der Waals surface area contributed by atoms with Crippen LogP contribution in [0, 0.1) is 0 Å². The Morgan fingerprint density at radius 3 is 2.50 bits per heavy atom. The van der Waals surface area contributed by atoms with Gasteiger partial charge >= 0.3 is 0 Å². The van der Waals surface area contributed by atoms with Crippen LogP contribution in [0.3, 0.4) is 0 Å². The van der Waals surface area contributed by atoms with Gasteiger partial charge in [-0.3, -0.25) is 0 Å². The molecule has 3 N–H and O–H groups in total. The average molecular weight is 476 g/mol. The fraction of sp³-hybridized carbons (Fsp3) is 0.308. The number of likely N-dealkylation sites (N-methyl/N-ethyl adjacent to an activating group) is 1. The first kappa shape index (κ1) is 22.5. The van der Waals surface area contributed by atoms with Crippen LogP contribution in [-0.2, 0) is 13.0 Å². The molecule has 3 heterocycles. The van der Waals surface area contributed by atoms with Crippen molar-refractivity contribution in [3.8, 4) is 11.3 Å². The van der Waals surface area contributed by atoms with Gasteiger partial charge in [0.15, 0.2) is 0 Å². The Balaban J connectivity index is 1.34. The van der Waals surface area contributed by atoms with Gasteiger partial charge in [0.05, 0.1) is 11.5 Å². The SMILES string of the molecule is C=C(Nc1ccc(Cl)cc1)N1CCc2ccc(-c3cc(N4CCN(C)CC4)nc(N)n3)cc2C1. The van der Waals surface area contributed by atoms with Gasteiger partial charge < -0.3 is 25.8 Å². The number of hydrogen-bond donors (Lipinski definition) is 2. The van der Waals surface area contributed by atoms with E-state index in [0.717, 1.165) is 79.3 Å².